The highest BCUT2D eigenvalue weighted by Gasteiger charge is 2.29. The van der Waals surface area contributed by atoms with Crippen molar-refractivity contribution in [2.45, 2.75) is 12.5 Å². The van der Waals surface area contributed by atoms with Gasteiger partial charge in [0.25, 0.3) is 0 Å². The molecule has 8 nitrogen and oxygen atoms in total. The van der Waals surface area contributed by atoms with Crippen LogP contribution in [0.15, 0.2) is 47.4 Å². The molecule has 2 aromatic rings. The Balaban J connectivity index is 1.56. The van der Waals surface area contributed by atoms with Crippen molar-refractivity contribution in [2.24, 2.45) is 0 Å². The molecule has 1 fully saturated rings. The van der Waals surface area contributed by atoms with E-state index in [1.54, 1.807) is 24.3 Å². The number of nitrogens with zero attached hydrogens (tertiary/aromatic N) is 2. The van der Waals surface area contributed by atoms with Crippen molar-refractivity contribution in [2.75, 3.05) is 18.9 Å². The number of nitrogens with two attached hydrogens (primary N) is 1. The van der Waals surface area contributed by atoms with Gasteiger partial charge in [-0.25, -0.2) is 9.59 Å². The SMILES string of the molecule is Nc1ccn([C@H]2CO[C@@H](COC(=O)c3ccccc3)O2)c(=O)n1. The Labute approximate surface area is 131 Å². The number of nitrogen functional groups attached to an aromatic ring is 1. The number of anilines is 1. The van der Waals surface area contributed by atoms with Crippen LogP contribution in [0.3, 0.4) is 0 Å². The zero-order chi connectivity index (χ0) is 16.2. The van der Waals surface area contributed by atoms with Gasteiger partial charge in [0.15, 0.2) is 12.5 Å². The van der Waals surface area contributed by atoms with Gasteiger partial charge in [-0.05, 0) is 18.2 Å². The van der Waals surface area contributed by atoms with Gasteiger partial charge in [0.1, 0.15) is 12.4 Å². The fourth-order valence-electron chi connectivity index (χ4n) is 2.12. The van der Waals surface area contributed by atoms with E-state index >= 15 is 0 Å². The minimum atomic E-state index is -0.739. The Hall–Kier alpha value is -2.71. The van der Waals surface area contributed by atoms with Crippen molar-refractivity contribution in [1.82, 2.24) is 9.55 Å². The van der Waals surface area contributed by atoms with Crippen molar-refractivity contribution in [3.05, 3.63) is 58.6 Å². The first kappa shape index (κ1) is 15.2. The molecule has 0 saturated carbocycles. The molecule has 0 spiro atoms. The van der Waals surface area contributed by atoms with Gasteiger partial charge in [-0.3, -0.25) is 4.57 Å². The zero-order valence-corrected chi connectivity index (χ0v) is 12.1. The largest absolute Gasteiger partial charge is 0.457 e. The maximum absolute atomic E-state index is 11.8. The fourth-order valence-corrected chi connectivity index (χ4v) is 2.12. The fraction of sp³-hybridized carbons (Fsp3) is 0.267. The summed E-state index contributed by atoms with van der Waals surface area (Å²) in [6.07, 6.45) is 0.116. The normalized spacial score (nSPS) is 20.3. The number of esters is 1. The first-order chi connectivity index (χ1) is 11.1. The maximum Gasteiger partial charge on any atom is 0.351 e. The Morgan fingerprint density at radius 3 is 2.87 bits per heavy atom. The molecular weight excluding hydrogens is 302 g/mol. The van der Waals surface area contributed by atoms with Gasteiger partial charge in [0.05, 0.1) is 12.2 Å². The van der Waals surface area contributed by atoms with Crippen LogP contribution in [-0.4, -0.2) is 35.0 Å². The van der Waals surface area contributed by atoms with Gasteiger partial charge >= 0.3 is 11.7 Å². The monoisotopic (exact) mass is 317 g/mol. The molecule has 0 amide bonds. The lowest BCUT2D eigenvalue weighted by Gasteiger charge is -2.13. The summed E-state index contributed by atoms with van der Waals surface area (Å²) >= 11 is 0. The average molecular weight is 317 g/mol. The lowest BCUT2D eigenvalue weighted by molar-refractivity contribution is -0.103. The molecule has 3 rings (SSSR count). The molecule has 2 N–H and O–H groups in total. The second-order valence-electron chi connectivity index (χ2n) is 4.86. The highest BCUT2D eigenvalue weighted by atomic mass is 16.7. The molecule has 2 atom stereocenters. The number of hydrogen-bond acceptors (Lipinski definition) is 7. The molecular formula is C15H15N3O5. The molecule has 1 saturated heterocycles. The first-order valence-corrected chi connectivity index (χ1v) is 6.97. The molecule has 0 unspecified atom stereocenters. The Morgan fingerprint density at radius 2 is 2.13 bits per heavy atom. The summed E-state index contributed by atoms with van der Waals surface area (Å²) in [7, 11) is 0. The van der Waals surface area contributed by atoms with E-state index in [9.17, 15) is 9.59 Å². The van der Waals surface area contributed by atoms with Crippen LogP contribution in [0.4, 0.5) is 5.82 Å². The van der Waals surface area contributed by atoms with Crippen molar-refractivity contribution >= 4 is 11.8 Å². The summed E-state index contributed by atoms with van der Waals surface area (Å²) in [5.41, 5.74) is 5.35. The van der Waals surface area contributed by atoms with E-state index < -0.39 is 24.2 Å². The molecule has 1 aliphatic heterocycles. The van der Waals surface area contributed by atoms with Gasteiger partial charge in [-0.1, -0.05) is 18.2 Å². The van der Waals surface area contributed by atoms with E-state index in [1.165, 1.54) is 16.8 Å². The van der Waals surface area contributed by atoms with Crippen LogP contribution in [0.25, 0.3) is 0 Å². The summed E-state index contributed by atoms with van der Waals surface area (Å²) in [6, 6.07) is 10.1. The number of ether oxygens (including phenoxy) is 3. The lowest BCUT2D eigenvalue weighted by atomic mass is 10.2. The van der Waals surface area contributed by atoms with Gasteiger partial charge < -0.3 is 19.9 Å². The van der Waals surface area contributed by atoms with E-state index in [2.05, 4.69) is 4.98 Å². The van der Waals surface area contributed by atoms with Crippen LogP contribution in [0, 0.1) is 0 Å². The van der Waals surface area contributed by atoms with Crippen molar-refractivity contribution in [3.63, 3.8) is 0 Å². The minimum Gasteiger partial charge on any atom is -0.457 e. The molecule has 120 valence electrons. The Morgan fingerprint density at radius 1 is 1.35 bits per heavy atom. The number of benzene rings is 1. The molecule has 1 aliphatic rings. The molecule has 23 heavy (non-hydrogen) atoms. The molecule has 8 heteroatoms. The Kier molecular flexibility index (Phi) is 4.35. The summed E-state index contributed by atoms with van der Waals surface area (Å²) < 4.78 is 17.3. The number of rotatable bonds is 4. The highest BCUT2D eigenvalue weighted by molar-refractivity contribution is 5.89. The second-order valence-corrected chi connectivity index (χ2v) is 4.86. The third kappa shape index (κ3) is 3.55. The zero-order valence-electron chi connectivity index (χ0n) is 12.1. The van der Waals surface area contributed by atoms with Crippen LogP contribution in [0.2, 0.25) is 0 Å². The molecule has 0 bridgehead atoms. The molecule has 2 heterocycles. The van der Waals surface area contributed by atoms with E-state index in [4.69, 9.17) is 19.9 Å². The second kappa shape index (κ2) is 6.59. The third-order valence-electron chi connectivity index (χ3n) is 3.26. The third-order valence-corrected chi connectivity index (χ3v) is 3.26. The van der Waals surface area contributed by atoms with Crippen LogP contribution in [0.1, 0.15) is 16.6 Å². The topological polar surface area (TPSA) is 106 Å². The van der Waals surface area contributed by atoms with E-state index in [0.717, 1.165) is 0 Å². The van der Waals surface area contributed by atoms with Crippen LogP contribution >= 0.6 is 0 Å². The van der Waals surface area contributed by atoms with Gasteiger partial charge in [-0.2, -0.15) is 4.98 Å². The maximum atomic E-state index is 11.8. The van der Waals surface area contributed by atoms with Gasteiger partial charge in [-0.15, -0.1) is 0 Å². The van der Waals surface area contributed by atoms with E-state index in [-0.39, 0.29) is 19.0 Å². The quantitative estimate of drug-likeness (QED) is 0.821. The molecule has 1 aromatic heterocycles. The van der Waals surface area contributed by atoms with E-state index in [0.29, 0.717) is 5.56 Å². The average Bonchev–Trinajstić information content (AvgIpc) is 3.02. The molecule has 0 radical (unpaired) electrons. The molecule has 1 aromatic carbocycles. The predicted molar refractivity (Wildman–Crippen MR) is 79.5 cm³/mol. The lowest BCUT2D eigenvalue weighted by Crippen LogP contribution is -2.29. The van der Waals surface area contributed by atoms with Crippen molar-refractivity contribution in [3.8, 4) is 0 Å². The van der Waals surface area contributed by atoms with Crippen LogP contribution < -0.4 is 11.4 Å². The summed E-state index contributed by atoms with van der Waals surface area (Å²) in [5, 5.41) is 0. The summed E-state index contributed by atoms with van der Waals surface area (Å²) in [6.45, 7) is 0.0838. The first-order valence-electron chi connectivity index (χ1n) is 6.97. The number of carbonyl (C=O) groups is 1. The van der Waals surface area contributed by atoms with E-state index in [1.807, 2.05) is 6.07 Å². The summed E-state index contributed by atoms with van der Waals surface area (Å²) in [5.74, 6) is -0.328. The summed E-state index contributed by atoms with van der Waals surface area (Å²) in [4.78, 5) is 27.2. The predicted octanol–water partition coefficient (Wildman–Crippen LogP) is 0.554. The van der Waals surface area contributed by atoms with Gasteiger partial charge in [0, 0.05) is 6.20 Å². The highest BCUT2D eigenvalue weighted by Crippen LogP contribution is 2.20. The number of aromatic nitrogens is 2. The number of carbonyl (C=O) groups excluding carboxylic acids is 1. The molecule has 0 aliphatic carbocycles. The van der Waals surface area contributed by atoms with Gasteiger partial charge in [0.2, 0.25) is 0 Å². The van der Waals surface area contributed by atoms with Crippen molar-refractivity contribution < 1.29 is 19.0 Å². The van der Waals surface area contributed by atoms with Crippen LogP contribution in [0.5, 0.6) is 0 Å². The van der Waals surface area contributed by atoms with Crippen LogP contribution in [-0.2, 0) is 14.2 Å². The minimum absolute atomic E-state index is 0.0681. The standard InChI is InChI=1S/C15H15N3O5/c16-11-6-7-18(15(20)17-11)12-8-21-13(23-12)9-22-14(19)10-4-2-1-3-5-10/h1-7,12-13H,8-9H2,(H2,16,17,20)/t12-,13-/m1/s1. The Bertz CT molecular complexity index is 746. The number of hydrogen-bond donors (Lipinski definition) is 1. The van der Waals surface area contributed by atoms with Crippen molar-refractivity contribution in [1.29, 1.82) is 0 Å². The smallest absolute Gasteiger partial charge is 0.351 e.